The fraction of sp³-hybridized carbons (Fsp3) is 0.933. The van der Waals surface area contributed by atoms with Crippen molar-refractivity contribution in [3.63, 3.8) is 0 Å². The van der Waals surface area contributed by atoms with E-state index in [9.17, 15) is 8.42 Å². The molecule has 2 heterocycles. The third-order valence-electron chi connectivity index (χ3n) is 4.33. The first-order chi connectivity index (χ1) is 11.5. The fourth-order valence-electron chi connectivity index (χ4n) is 3.06. The smallest absolute Gasteiger partial charge is 0.211 e. The number of hydrogen-bond acceptors (Lipinski definition) is 5. The van der Waals surface area contributed by atoms with Gasteiger partial charge >= 0.3 is 0 Å². The standard InChI is InChI=1S/C15H30N4O4S.HI/c1-16-15(17-7-4-9-23-14-6-10-22-12-14)18-11-13-5-3-8-19(13)24(2,20)21;/h13-14H,3-12H2,1-2H3,(H2,16,17,18);1H/t13-,14?;/m1./s1. The van der Waals surface area contributed by atoms with Crippen LogP contribution in [0.2, 0.25) is 0 Å². The highest BCUT2D eigenvalue weighted by Gasteiger charge is 2.31. The van der Waals surface area contributed by atoms with Crippen LogP contribution in [0.1, 0.15) is 25.7 Å². The number of ether oxygens (including phenoxy) is 2. The zero-order valence-corrected chi connectivity index (χ0v) is 18.2. The molecule has 0 saturated carbocycles. The molecule has 8 nitrogen and oxygen atoms in total. The third-order valence-corrected chi connectivity index (χ3v) is 5.67. The van der Waals surface area contributed by atoms with Crippen LogP contribution in [0.3, 0.4) is 0 Å². The van der Waals surface area contributed by atoms with Gasteiger partial charge in [-0.1, -0.05) is 0 Å². The molecular weight excluding hydrogens is 459 g/mol. The molecular formula is C15H31IN4O4S. The molecule has 148 valence electrons. The van der Waals surface area contributed by atoms with Crippen molar-refractivity contribution >= 4 is 40.0 Å². The summed E-state index contributed by atoms with van der Waals surface area (Å²) in [6.45, 7) is 4.14. The van der Waals surface area contributed by atoms with E-state index in [2.05, 4.69) is 15.6 Å². The zero-order valence-electron chi connectivity index (χ0n) is 15.1. The fourth-order valence-corrected chi connectivity index (χ4v) is 4.24. The van der Waals surface area contributed by atoms with E-state index in [0.29, 0.717) is 32.3 Å². The lowest BCUT2D eigenvalue weighted by molar-refractivity contribution is 0.0420. The van der Waals surface area contributed by atoms with E-state index in [4.69, 9.17) is 9.47 Å². The van der Waals surface area contributed by atoms with Crippen LogP contribution in [0, 0.1) is 0 Å². The van der Waals surface area contributed by atoms with Crippen LogP contribution < -0.4 is 10.6 Å². The molecule has 0 aliphatic carbocycles. The van der Waals surface area contributed by atoms with Gasteiger partial charge in [-0.3, -0.25) is 4.99 Å². The molecule has 2 fully saturated rings. The van der Waals surface area contributed by atoms with Crippen molar-refractivity contribution in [2.75, 3.05) is 52.8 Å². The van der Waals surface area contributed by atoms with Gasteiger partial charge in [0.1, 0.15) is 0 Å². The van der Waals surface area contributed by atoms with Crippen molar-refractivity contribution < 1.29 is 17.9 Å². The molecule has 2 atom stereocenters. The molecule has 2 aliphatic heterocycles. The number of halogens is 1. The highest BCUT2D eigenvalue weighted by Crippen LogP contribution is 2.19. The second-order valence-corrected chi connectivity index (χ2v) is 8.19. The molecule has 2 saturated heterocycles. The Kier molecular flexibility index (Phi) is 10.5. The summed E-state index contributed by atoms with van der Waals surface area (Å²) < 4.78 is 36.0. The molecule has 25 heavy (non-hydrogen) atoms. The van der Waals surface area contributed by atoms with E-state index in [1.165, 1.54) is 6.26 Å². The predicted octanol–water partition coefficient (Wildman–Crippen LogP) is 0.389. The molecule has 1 unspecified atom stereocenters. The summed E-state index contributed by atoms with van der Waals surface area (Å²) in [6, 6.07) is 0.00394. The summed E-state index contributed by atoms with van der Waals surface area (Å²) in [6.07, 6.45) is 5.17. The number of hydrogen-bond donors (Lipinski definition) is 2. The van der Waals surface area contributed by atoms with Gasteiger partial charge in [0.15, 0.2) is 5.96 Å². The maximum Gasteiger partial charge on any atom is 0.211 e. The Bertz CT molecular complexity index is 512. The van der Waals surface area contributed by atoms with Crippen LogP contribution >= 0.6 is 24.0 Å². The first-order valence-electron chi connectivity index (χ1n) is 8.61. The molecule has 0 radical (unpaired) electrons. The summed E-state index contributed by atoms with van der Waals surface area (Å²) in [4.78, 5) is 4.18. The number of aliphatic imine (C=N–C) groups is 1. The largest absolute Gasteiger partial charge is 0.379 e. The Morgan fingerprint density at radius 1 is 1.36 bits per heavy atom. The minimum atomic E-state index is -3.13. The second-order valence-electron chi connectivity index (χ2n) is 6.26. The van der Waals surface area contributed by atoms with Gasteiger partial charge in [0.2, 0.25) is 10.0 Å². The van der Waals surface area contributed by atoms with E-state index < -0.39 is 10.0 Å². The molecule has 0 aromatic rings. The van der Waals surface area contributed by atoms with E-state index in [1.54, 1.807) is 11.4 Å². The molecule has 0 bridgehead atoms. The van der Waals surface area contributed by atoms with Crippen molar-refractivity contribution in [1.29, 1.82) is 0 Å². The number of sulfonamides is 1. The first kappa shape index (κ1) is 22.9. The molecule has 0 aromatic carbocycles. The Morgan fingerprint density at radius 3 is 2.80 bits per heavy atom. The molecule has 10 heteroatoms. The topological polar surface area (TPSA) is 92.3 Å². The highest BCUT2D eigenvalue weighted by atomic mass is 127. The normalized spacial score (nSPS) is 25.0. The van der Waals surface area contributed by atoms with Crippen LogP contribution in [0.15, 0.2) is 4.99 Å². The number of nitrogens with one attached hydrogen (secondary N) is 2. The SMILES string of the molecule is CN=C(NCCCOC1CCOC1)NC[C@H]1CCCN1S(C)(=O)=O.I. The van der Waals surface area contributed by atoms with Gasteiger partial charge < -0.3 is 20.1 Å². The molecule has 2 rings (SSSR count). The van der Waals surface area contributed by atoms with Crippen molar-refractivity contribution in [1.82, 2.24) is 14.9 Å². The minimum absolute atomic E-state index is 0. The van der Waals surface area contributed by atoms with Gasteiger partial charge in [0.05, 0.1) is 19.0 Å². The van der Waals surface area contributed by atoms with Crippen molar-refractivity contribution in [2.45, 2.75) is 37.8 Å². The van der Waals surface area contributed by atoms with Crippen molar-refractivity contribution in [3.05, 3.63) is 0 Å². The number of nitrogens with zero attached hydrogens (tertiary/aromatic N) is 2. The monoisotopic (exact) mass is 490 g/mol. The van der Waals surface area contributed by atoms with Gasteiger partial charge in [-0.25, -0.2) is 8.42 Å². The van der Waals surface area contributed by atoms with E-state index in [-0.39, 0.29) is 36.1 Å². The molecule has 2 N–H and O–H groups in total. The second kappa shape index (κ2) is 11.5. The van der Waals surface area contributed by atoms with Crippen LogP contribution in [0.5, 0.6) is 0 Å². The van der Waals surface area contributed by atoms with E-state index in [1.807, 2.05) is 0 Å². The van der Waals surface area contributed by atoms with Crippen molar-refractivity contribution in [2.24, 2.45) is 4.99 Å². The van der Waals surface area contributed by atoms with Crippen LogP contribution in [0.4, 0.5) is 0 Å². The zero-order chi connectivity index (χ0) is 17.4. The molecule has 0 aromatic heterocycles. The van der Waals surface area contributed by atoms with Crippen molar-refractivity contribution in [3.8, 4) is 0 Å². The summed E-state index contributed by atoms with van der Waals surface area (Å²) in [5.41, 5.74) is 0. The molecule has 0 spiro atoms. The number of guanidine groups is 1. The summed E-state index contributed by atoms with van der Waals surface area (Å²) in [7, 11) is -1.42. The summed E-state index contributed by atoms with van der Waals surface area (Å²) >= 11 is 0. The van der Waals surface area contributed by atoms with Crippen LogP contribution in [0.25, 0.3) is 0 Å². The number of rotatable bonds is 8. The molecule has 2 aliphatic rings. The quantitative estimate of drug-likeness (QED) is 0.222. The average Bonchev–Trinajstić information content (AvgIpc) is 3.20. The Labute approximate surface area is 168 Å². The van der Waals surface area contributed by atoms with E-state index in [0.717, 1.165) is 38.8 Å². The van der Waals surface area contributed by atoms with Gasteiger partial charge in [0, 0.05) is 45.9 Å². The van der Waals surface area contributed by atoms with Gasteiger partial charge in [-0.15, -0.1) is 24.0 Å². The average molecular weight is 490 g/mol. The van der Waals surface area contributed by atoms with E-state index >= 15 is 0 Å². The lowest BCUT2D eigenvalue weighted by Gasteiger charge is -2.23. The highest BCUT2D eigenvalue weighted by molar-refractivity contribution is 14.0. The maximum atomic E-state index is 11.7. The Hall–Kier alpha value is -0.170. The lowest BCUT2D eigenvalue weighted by atomic mass is 10.2. The Morgan fingerprint density at radius 2 is 2.16 bits per heavy atom. The lowest BCUT2D eigenvalue weighted by Crippen LogP contribution is -2.46. The minimum Gasteiger partial charge on any atom is -0.379 e. The third kappa shape index (κ3) is 7.94. The first-order valence-corrected chi connectivity index (χ1v) is 10.5. The predicted molar refractivity (Wildman–Crippen MR) is 109 cm³/mol. The Balaban J connectivity index is 0.00000312. The van der Waals surface area contributed by atoms with Crippen LogP contribution in [-0.2, 0) is 19.5 Å². The summed E-state index contributed by atoms with van der Waals surface area (Å²) in [5.74, 6) is 0.694. The summed E-state index contributed by atoms with van der Waals surface area (Å²) in [5, 5.41) is 6.45. The van der Waals surface area contributed by atoms with Crippen LogP contribution in [-0.4, -0.2) is 83.6 Å². The molecule has 0 amide bonds. The van der Waals surface area contributed by atoms with Gasteiger partial charge in [0.25, 0.3) is 0 Å². The maximum absolute atomic E-state index is 11.7. The van der Waals surface area contributed by atoms with Gasteiger partial charge in [-0.05, 0) is 25.7 Å². The van der Waals surface area contributed by atoms with Gasteiger partial charge in [-0.2, -0.15) is 4.31 Å².